The predicted molar refractivity (Wildman–Crippen MR) is 110 cm³/mol. The molecule has 1 aliphatic rings. The summed E-state index contributed by atoms with van der Waals surface area (Å²) in [6.45, 7) is 4.63. The van der Waals surface area contributed by atoms with E-state index >= 15 is 0 Å². The first kappa shape index (κ1) is 18.3. The Bertz CT molecular complexity index is 1190. The van der Waals surface area contributed by atoms with Crippen LogP contribution >= 0.6 is 0 Å². The molecule has 0 N–H and O–H groups in total. The zero-order valence-electron chi connectivity index (χ0n) is 16.6. The molecule has 1 aromatic carbocycles. The third-order valence-electron chi connectivity index (χ3n) is 5.32. The summed E-state index contributed by atoms with van der Waals surface area (Å²) in [6, 6.07) is 11.5. The number of para-hydroxylation sites is 1. The Morgan fingerprint density at radius 3 is 2.67 bits per heavy atom. The lowest BCUT2D eigenvalue weighted by atomic mass is 10.1. The van der Waals surface area contributed by atoms with Crippen molar-refractivity contribution in [3.63, 3.8) is 0 Å². The Hall–Kier alpha value is -3.75. The molecular weight excluding hydrogens is 382 g/mol. The quantitative estimate of drug-likeness (QED) is 0.514. The topological polar surface area (TPSA) is 93.2 Å². The lowest BCUT2D eigenvalue weighted by molar-refractivity contribution is -0.130. The summed E-state index contributed by atoms with van der Waals surface area (Å²) in [4.78, 5) is 25.5. The maximum Gasteiger partial charge on any atom is 0.228 e. The van der Waals surface area contributed by atoms with Crippen molar-refractivity contribution in [3.05, 3.63) is 60.3 Å². The molecule has 5 rings (SSSR count). The number of aromatic nitrogens is 5. The Labute approximate surface area is 172 Å². The molecule has 4 heterocycles. The van der Waals surface area contributed by atoms with E-state index in [1.807, 2.05) is 54.4 Å². The zero-order chi connectivity index (χ0) is 20.5. The van der Waals surface area contributed by atoms with Crippen LogP contribution in [-0.2, 0) is 11.2 Å². The first-order valence-electron chi connectivity index (χ1n) is 9.88. The summed E-state index contributed by atoms with van der Waals surface area (Å²) in [6.07, 6.45) is 3.67. The normalized spacial score (nSPS) is 14.4. The fraction of sp³-hybridized carbons (Fsp3) is 0.286. The number of nitrogens with zero attached hydrogens (tertiary/aromatic N) is 7. The van der Waals surface area contributed by atoms with Crippen molar-refractivity contribution in [2.75, 3.05) is 31.1 Å². The van der Waals surface area contributed by atoms with Crippen LogP contribution in [0.15, 0.2) is 53.4 Å². The second kappa shape index (κ2) is 7.58. The van der Waals surface area contributed by atoms with Crippen LogP contribution in [0.3, 0.4) is 0 Å². The standard InChI is InChI=1S/C21H21N7O2/c1-15-6-7-28(24-15)20-13-19(22-14-23-20)26-8-10-27(11-9-26)21(29)12-17-16-4-2-3-5-18(16)30-25-17/h2-7,13-14H,8-12H2,1H3. The summed E-state index contributed by atoms with van der Waals surface area (Å²) in [5.74, 6) is 1.62. The third kappa shape index (κ3) is 3.49. The number of piperazine rings is 1. The van der Waals surface area contributed by atoms with Gasteiger partial charge in [-0.3, -0.25) is 4.79 Å². The molecule has 9 nitrogen and oxygen atoms in total. The highest BCUT2D eigenvalue weighted by Crippen LogP contribution is 2.20. The Morgan fingerprint density at radius 1 is 1.07 bits per heavy atom. The molecular formula is C21H21N7O2. The molecule has 3 aromatic heterocycles. The maximum absolute atomic E-state index is 12.8. The Kier molecular flexibility index (Phi) is 4.62. The van der Waals surface area contributed by atoms with Crippen LogP contribution < -0.4 is 4.90 Å². The van der Waals surface area contributed by atoms with Crippen LogP contribution in [0.5, 0.6) is 0 Å². The summed E-state index contributed by atoms with van der Waals surface area (Å²) in [7, 11) is 0. The smallest absolute Gasteiger partial charge is 0.228 e. The minimum atomic E-state index is 0.0593. The average molecular weight is 403 g/mol. The van der Waals surface area contributed by atoms with Gasteiger partial charge in [0.2, 0.25) is 5.91 Å². The lowest BCUT2D eigenvalue weighted by Gasteiger charge is -2.35. The average Bonchev–Trinajstić information content (AvgIpc) is 3.40. The molecule has 4 aromatic rings. The van der Waals surface area contributed by atoms with E-state index in [0.29, 0.717) is 37.5 Å². The summed E-state index contributed by atoms with van der Waals surface area (Å²) in [5, 5.41) is 9.37. The number of carbonyl (C=O) groups excluding carboxylic acids is 1. The van der Waals surface area contributed by atoms with Gasteiger partial charge in [0.15, 0.2) is 11.4 Å². The van der Waals surface area contributed by atoms with E-state index in [2.05, 4.69) is 25.1 Å². The Balaban J connectivity index is 1.23. The summed E-state index contributed by atoms with van der Waals surface area (Å²) >= 11 is 0. The molecule has 0 unspecified atom stereocenters. The number of hydrogen-bond acceptors (Lipinski definition) is 7. The number of carbonyl (C=O) groups is 1. The molecule has 1 aliphatic heterocycles. The molecule has 0 aliphatic carbocycles. The first-order valence-corrected chi connectivity index (χ1v) is 9.88. The van der Waals surface area contributed by atoms with E-state index in [0.717, 1.165) is 22.7 Å². The molecule has 0 bridgehead atoms. The van der Waals surface area contributed by atoms with Crippen molar-refractivity contribution in [3.8, 4) is 5.82 Å². The van der Waals surface area contributed by atoms with E-state index in [-0.39, 0.29) is 12.3 Å². The van der Waals surface area contributed by atoms with Gasteiger partial charge in [-0.25, -0.2) is 14.6 Å². The molecule has 0 atom stereocenters. The highest BCUT2D eigenvalue weighted by Gasteiger charge is 2.24. The third-order valence-corrected chi connectivity index (χ3v) is 5.32. The van der Waals surface area contributed by atoms with Gasteiger partial charge in [0.25, 0.3) is 0 Å². The van der Waals surface area contributed by atoms with Crippen LogP contribution in [0.25, 0.3) is 16.8 Å². The number of anilines is 1. The second-order valence-corrected chi connectivity index (χ2v) is 7.31. The number of benzene rings is 1. The summed E-state index contributed by atoms with van der Waals surface area (Å²) < 4.78 is 7.05. The van der Waals surface area contributed by atoms with E-state index in [1.165, 1.54) is 0 Å². The van der Waals surface area contributed by atoms with Crippen LogP contribution in [0, 0.1) is 6.92 Å². The maximum atomic E-state index is 12.8. The van der Waals surface area contributed by atoms with Gasteiger partial charge in [-0.15, -0.1) is 0 Å². The van der Waals surface area contributed by atoms with Crippen LogP contribution in [-0.4, -0.2) is 61.9 Å². The molecule has 1 fully saturated rings. The fourth-order valence-electron chi connectivity index (χ4n) is 3.68. The van der Waals surface area contributed by atoms with Gasteiger partial charge in [-0.1, -0.05) is 17.3 Å². The van der Waals surface area contributed by atoms with E-state index < -0.39 is 0 Å². The SMILES string of the molecule is Cc1ccn(-c2cc(N3CCN(C(=O)Cc4noc5ccccc45)CC3)ncn2)n1. The highest BCUT2D eigenvalue weighted by molar-refractivity contribution is 5.86. The van der Waals surface area contributed by atoms with Crippen molar-refractivity contribution >= 4 is 22.7 Å². The molecule has 0 spiro atoms. The molecule has 0 saturated carbocycles. The molecule has 30 heavy (non-hydrogen) atoms. The van der Waals surface area contributed by atoms with Crippen molar-refractivity contribution < 1.29 is 9.32 Å². The fourth-order valence-corrected chi connectivity index (χ4v) is 3.68. The minimum Gasteiger partial charge on any atom is -0.356 e. The predicted octanol–water partition coefficient (Wildman–Crippen LogP) is 2.00. The van der Waals surface area contributed by atoms with E-state index in [4.69, 9.17) is 4.52 Å². The van der Waals surface area contributed by atoms with Gasteiger partial charge in [-0.05, 0) is 25.1 Å². The number of hydrogen-bond donors (Lipinski definition) is 0. The first-order chi connectivity index (χ1) is 14.7. The van der Waals surface area contributed by atoms with Crippen LogP contribution in [0.4, 0.5) is 5.82 Å². The van der Waals surface area contributed by atoms with Crippen LogP contribution in [0.2, 0.25) is 0 Å². The largest absolute Gasteiger partial charge is 0.356 e. The molecule has 9 heteroatoms. The second-order valence-electron chi connectivity index (χ2n) is 7.31. The monoisotopic (exact) mass is 403 g/mol. The number of amides is 1. The lowest BCUT2D eigenvalue weighted by Crippen LogP contribution is -2.49. The summed E-state index contributed by atoms with van der Waals surface area (Å²) in [5.41, 5.74) is 2.33. The minimum absolute atomic E-state index is 0.0593. The molecule has 1 saturated heterocycles. The van der Waals surface area contributed by atoms with Gasteiger partial charge in [0.05, 0.1) is 12.1 Å². The zero-order valence-corrected chi connectivity index (χ0v) is 16.6. The van der Waals surface area contributed by atoms with Crippen molar-refractivity contribution in [2.24, 2.45) is 0 Å². The van der Waals surface area contributed by atoms with Gasteiger partial charge in [-0.2, -0.15) is 5.10 Å². The molecule has 152 valence electrons. The molecule has 0 radical (unpaired) electrons. The van der Waals surface area contributed by atoms with Crippen molar-refractivity contribution in [2.45, 2.75) is 13.3 Å². The van der Waals surface area contributed by atoms with Gasteiger partial charge in [0, 0.05) is 43.8 Å². The molecule has 1 amide bonds. The number of rotatable bonds is 4. The van der Waals surface area contributed by atoms with Gasteiger partial charge < -0.3 is 14.3 Å². The van der Waals surface area contributed by atoms with E-state index in [1.54, 1.807) is 11.0 Å². The van der Waals surface area contributed by atoms with Crippen molar-refractivity contribution in [1.29, 1.82) is 0 Å². The Morgan fingerprint density at radius 2 is 1.87 bits per heavy atom. The van der Waals surface area contributed by atoms with Gasteiger partial charge >= 0.3 is 0 Å². The van der Waals surface area contributed by atoms with Gasteiger partial charge in [0.1, 0.15) is 17.8 Å². The number of aryl methyl sites for hydroxylation is 1. The highest BCUT2D eigenvalue weighted by atomic mass is 16.5. The van der Waals surface area contributed by atoms with Crippen LogP contribution in [0.1, 0.15) is 11.4 Å². The number of fused-ring (bicyclic) bond motifs is 1. The van der Waals surface area contributed by atoms with Crippen molar-refractivity contribution in [1.82, 2.24) is 29.8 Å². The van der Waals surface area contributed by atoms with E-state index in [9.17, 15) is 4.79 Å².